The first-order valence-corrected chi connectivity index (χ1v) is 8.39. The van der Waals surface area contributed by atoms with E-state index in [1.165, 1.54) is 6.21 Å². The van der Waals surface area contributed by atoms with Gasteiger partial charge in [0.1, 0.15) is 6.04 Å². The SMILES string of the molecule is CC(C)C[C@H](N=Cc1nc(-c2ccc3ccccc3c2)oc1O)C(=O)O. The summed E-state index contributed by atoms with van der Waals surface area (Å²) in [6.07, 6.45) is 1.66. The van der Waals surface area contributed by atoms with Gasteiger partial charge < -0.3 is 14.6 Å². The maximum absolute atomic E-state index is 11.3. The average molecular weight is 352 g/mol. The highest BCUT2D eigenvalue weighted by Gasteiger charge is 2.18. The summed E-state index contributed by atoms with van der Waals surface area (Å²) in [7, 11) is 0. The van der Waals surface area contributed by atoms with Crippen LogP contribution in [0.5, 0.6) is 5.95 Å². The van der Waals surface area contributed by atoms with E-state index < -0.39 is 12.0 Å². The third-order valence-corrected chi connectivity index (χ3v) is 3.99. The number of aliphatic carboxylic acids is 1. The van der Waals surface area contributed by atoms with Gasteiger partial charge in [0.15, 0.2) is 5.69 Å². The number of nitrogens with zero attached hydrogens (tertiary/aromatic N) is 2. The van der Waals surface area contributed by atoms with Crippen molar-refractivity contribution in [1.29, 1.82) is 0 Å². The summed E-state index contributed by atoms with van der Waals surface area (Å²) in [6, 6.07) is 12.7. The van der Waals surface area contributed by atoms with E-state index in [0.717, 1.165) is 16.3 Å². The van der Waals surface area contributed by atoms with Crippen LogP contribution in [-0.2, 0) is 4.79 Å². The van der Waals surface area contributed by atoms with Crippen LogP contribution in [-0.4, -0.2) is 33.4 Å². The van der Waals surface area contributed by atoms with Gasteiger partial charge in [0.05, 0.1) is 6.21 Å². The molecule has 2 N–H and O–H groups in total. The van der Waals surface area contributed by atoms with E-state index in [1.807, 2.05) is 56.3 Å². The minimum atomic E-state index is -1.01. The highest BCUT2D eigenvalue weighted by Crippen LogP contribution is 2.28. The van der Waals surface area contributed by atoms with Crippen LogP contribution >= 0.6 is 0 Å². The molecule has 0 aliphatic carbocycles. The molecule has 0 aliphatic heterocycles. The van der Waals surface area contributed by atoms with E-state index in [9.17, 15) is 15.0 Å². The summed E-state index contributed by atoms with van der Waals surface area (Å²) >= 11 is 0. The molecule has 3 aromatic rings. The first kappa shape index (κ1) is 17.7. The van der Waals surface area contributed by atoms with E-state index in [2.05, 4.69) is 9.98 Å². The van der Waals surface area contributed by atoms with Crippen molar-refractivity contribution in [2.24, 2.45) is 10.9 Å². The molecule has 0 unspecified atom stereocenters. The second kappa shape index (κ2) is 7.39. The number of hydrogen-bond acceptors (Lipinski definition) is 5. The number of aromatic hydroxyl groups is 1. The summed E-state index contributed by atoms with van der Waals surface area (Å²) in [5.74, 6) is -0.948. The molecule has 0 amide bonds. The number of aliphatic imine (C=N–C) groups is 1. The molecule has 26 heavy (non-hydrogen) atoms. The summed E-state index contributed by atoms with van der Waals surface area (Å²) in [5.41, 5.74) is 0.832. The second-order valence-electron chi connectivity index (χ2n) is 6.53. The van der Waals surface area contributed by atoms with Gasteiger partial charge in [0.2, 0.25) is 5.89 Å². The standard InChI is InChI=1S/C20H20N2O4/c1-12(2)9-16(19(23)24)21-11-17-20(25)26-18(22-17)15-8-7-13-5-3-4-6-14(13)10-15/h3-8,10-12,16,25H,9H2,1-2H3,(H,23,24)/t16-/m0/s1. The number of carboxylic acids is 1. The van der Waals surface area contributed by atoms with Crippen molar-refractivity contribution in [2.75, 3.05) is 0 Å². The van der Waals surface area contributed by atoms with Gasteiger partial charge in [-0.25, -0.2) is 9.78 Å². The summed E-state index contributed by atoms with van der Waals surface area (Å²) in [4.78, 5) is 19.6. The molecule has 2 aromatic carbocycles. The zero-order chi connectivity index (χ0) is 18.7. The Labute approximate surface area is 150 Å². The number of aromatic nitrogens is 1. The monoisotopic (exact) mass is 352 g/mol. The molecule has 0 bridgehead atoms. The van der Waals surface area contributed by atoms with Crippen molar-refractivity contribution in [1.82, 2.24) is 4.98 Å². The first-order chi connectivity index (χ1) is 12.4. The Balaban J connectivity index is 1.88. The molecular weight excluding hydrogens is 332 g/mol. The number of carboxylic acid groups (broad SMARTS) is 1. The lowest BCUT2D eigenvalue weighted by Gasteiger charge is -2.09. The van der Waals surface area contributed by atoms with Crippen molar-refractivity contribution < 1.29 is 19.4 Å². The molecule has 6 heteroatoms. The van der Waals surface area contributed by atoms with Crippen LogP contribution in [0.1, 0.15) is 26.0 Å². The summed E-state index contributed by atoms with van der Waals surface area (Å²) in [6.45, 7) is 3.85. The van der Waals surface area contributed by atoms with Gasteiger partial charge in [-0.05, 0) is 35.2 Å². The van der Waals surface area contributed by atoms with Crippen LogP contribution in [0, 0.1) is 5.92 Å². The van der Waals surface area contributed by atoms with E-state index >= 15 is 0 Å². The Hall–Kier alpha value is -3.15. The Morgan fingerprint density at radius 2 is 1.96 bits per heavy atom. The molecule has 3 rings (SSSR count). The molecule has 1 heterocycles. The van der Waals surface area contributed by atoms with E-state index in [0.29, 0.717) is 6.42 Å². The molecule has 1 atom stereocenters. The molecule has 0 spiro atoms. The quantitative estimate of drug-likeness (QED) is 0.651. The number of benzene rings is 2. The van der Waals surface area contributed by atoms with Crippen molar-refractivity contribution in [3.8, 4) is 17.4 Å². The summed E-state index contributed by atoms with van der Waals surface area (Å²) < 4.78 is 5.33. The Morgan fingerprint density at radius 3 is 2.65 bits per heavy atom. The molecule has 6 nitrogen and oxygen atoms in total. The van der Waals surface area contributed by atoms with E-state index in [4.69, 9.17) is 4.42 Å². The van der Waals surface area contributed by atoms with Crippen molar-refractivity contribution in [3.05, 3.63) is 48.2 Å². The van der Waals surface area contributed by atoms with Gasteiger partial charge in [-0.15, -0.1) is 0 Å². The van der Waals surface area contributed by atoms with Crippen molar-refractivity contribution >= 4 is 23.0 Å². The predicted molar refractivity (Wildman–Crippen MR) is 99.6 cm³/mol. The molecule has 1 aromatic heterocycles. The fourth-order valence-electron chi connectivity index (χ4n) is 2.69. The smallest absolute Gasteiger partial charge is 0.328 e. The molecule has 0 fully saturated rings. The lowest BCUT2D eigenvalue weighted by atomic mass is 10.0. The minimum Gasteiger partial charge on any atom is -0.480 e. The van der Waals surface area contributed by atoms with Crippen LogP contribution < -0.4 is 0 Å². The maximum Gasteiger partial charge on any atom is 0.328 e. The number of carbonyl (C=O) groups is 1. The van der Waals surface area contributed by atoms with Crippen LogP contribution in [0.4, 0.5) is 0 Å². The van der Waals surface area contributed by atoms with Crippen LogP contribution in [0.15, 0.2) is 51.9 Å². The third-order valence-electron chi connectivity index (χ3n) is 3.99. The molecular formula is C20H20N2O4. The zero-order valence-corrected chi connectivity index (χ0v) is 14.6. The summed E-state index contributed by atoms with van der Waals surface area (Å²) in [5, 5.41) is 21.3. The highest BCUT2D eigenvalue weighted by molar-refractivity contribution is 5.87. The third kappa shape index (κ3) is 3.91. The van der Waals surface area contributed by atoms with Crippen LogP contribution in [0.3, 0.4) is 0 Å². The highest BCUT2D eigenvalue weighted by atomic mass is 16.5. The maximum atomic E-state index is 11.3. The van der Waals surface area contributed by atoms with Crippen LogP contribution in [0.25, 0.3) is 22.2 Å². The van der Waals surface area contributed by atoms with Gasteiger partial charge in [-0.3, -0.25) is 4.99 Å². The number of rotatable bonds is 6. The number of oxazole rings is 1. The fraction of sp³-hybridized carbons (Fsp3) is 0.250. The second-order valence-corrected chi connectivity index (χ2v) is 6.53. The van der Waals surface area contributed by atoms with Gasteiger partial charge in [-0.2, -0.15) is 0 Å². The van der Waals surface area contributed by atoms with Gasteiger partial charge in [0.25, 0.3) is 0 Å². The van der Waals surface area contributed by atoms with Crippen molar-refractivity contribution in [2.45, 2.75) is 26.3 Å². The largest absolute Gasteiger partial charge is 0.480 e. The normalized spacial score (nSPS) is 12.9. The molecule has 0 saturated carbocycles. The molecule has 0 saturated heterocycles. The topological polar surface area (TPSA) is 95.9 Å². The molecule has 0 aliphatic rings. The molecule has 0 radical (unpaired) electrons. The predicted octanol–water partition coefficient (Wildman–Crippen LogP) is 4.12. The minimum absolute atomic E-state index is 0.114. The lowest BCUT2D eigenvalue weighted by Crippen LogP contribution is -2.20. The van der Waals surface area contributed by atoms with E-state index in [1.54, 1.807) is 0 Å². The van der Waals surface area contributed by atoms with Gasteiger partial charge in [-0.1, -0.05) is 44.2 Å². The average Bonchev–Trinajstić information content (AvgIpc) is 2.98. The Morgan fingerprint density at radius 1 is 1.23 bits per heavy atom. The lowest BCUT2D eigenvalue weighted by molar-refractivity contribution is -0.138. The Bertz CT molecular complexity index is 959. The number of hydrogen-bond donors (Lipinski definition) is 2. The zero-order valence-electron chi connectivity index (χ0n) is 14.6. The molecule has 134 valence electrons. The van der Waals surface area contributed by atoms with E-state index in [-0.39, 0.29) is 23.4 Å². The van der Waals surface area contributed by atoms with Gasteiger partial charge in [0, 0.05) is 5.56 Å². The Kier molecular flexibility index (Phi) is 5.02. The van der Waals surface area contributed by atoms with Crippen molar-refractivity contribution in [3.63, 3.8) is 0 Å². The number of fused-ring (bicyclic) bond motifs is 1. The van der Waals surface area contributed by atoms with Crippen LogP contribution in [0.2, 0.25) is 0 Å². The fourth-order valence-corrected chi connectivity index (χ4v) is 2.69. The first-order valence-electron chi connectivity index (χ1n) is 8.39. The van der Waals surface area contributed by atoms with Gasteiger partial charge >= 0.3 is 11.9 Å².